The van der Waals surface area contributed by atoms with E-state index >= 15 is 0 Å². The first-order valence-corrected chi connectivity index (χ1v) is 12.9. The number of benzene rings is 1. The van der Waals surface area contributed by atoms with Gasteiger partial charge in [-0.2, -0.15) is 0 Å². The Morgan fingerprint density at radius 1 is 1.26 bits per heavy atom. The molecule has 2 N–H and O–H groups in total. The van der Waals surface area contributed by atoms with Crippen LogP contribution >= 0.6 is 0 Å². The SMILES string of the molecule is CN(C(=O)/C=C/c1ccoc1)[C@@H]1CC[C@]2(O)[C@H]3Cc4ccc(O)c5c4[C@@]2(CCN3CC2CC2)[C@@H]1O5. The third-order valence-electron chi connectivity index (χ3n) is 9.54. The largest absolute Gasteiger partial charge is 0.504 e. The highest BCUT2D eigenvalue weighted by atomic mass is 16.5. The molecule has 35 heavy (non-hydrogen) atoms. The van der Waals surface area contributed by atoms with Crippen LogP contribution in [-0.2, 0) is 16.6 Å². The second-order valence-electron chi connectivity index (χ2n) is 11.2. The Morgan fingerprint density at radius 2 is 2.11 bits per heavy atom. The molecule has 1 amide bonds. The highest BCUT2D eigenvalue weighted by Crippen LogP contribution is 2.66. The molecule has 2 aromatic rings. The lowest BCUT2D eigenvalue weighted by atomic mass is 9.48. The van der Waals surface area contributed by atoms with Crippen LogP contribution in [0, 0.1) is 5.92 Å². The Kier molecular flexibility index (Phi) is 4.53. The molecule has 3 aliphatic carbocycles. The highest BCUT2D eigenvalue weighted by molar-refractivity contribution is 5.91. The van der Waals surface area contributed by atoms with E-state index in [0.717, 1.165) is 43.0 Å². The Bertz CT molecular complexity index is 1200. The lowest BCUT2D eigenvalue weighted by molar-refractivity contribution is -0.200. The predicted molar refractivity (Wildman–Crippen MR) is 129 cm³/mol. The number of hydrogen-bond acceptors (Lipinski definition) is 6. The smallest absolute Gasteiger partial charge is 0.246 e. The number of aromatic hydroxyl groups is 1. The third kappa shape index (κ3) is 2.88. The summed E-state index contributed by atoms with van der Waals surface area (Å²) in [6, 6.07) is 5.38. The van der Waals surface area contributed by atoms with Gasteiger partial charge in [0, 0.05) is 36.8 Å². The van der Waals surface area contributed by atoms with Gasteiger partial charge in [0.15, 0.2) is 11.5 Å². The van der Waals surface area contributed by atoms with E-state index in [1.807, 2.05) is 19.2 Å². The fraction of sp³-hybridized carbons (Fsp3) is 0.536. The second-order valence-corrected chi connectivity index (χ2v) is 11.2. The molecule has 1 saturated heterocycles. The number of nitrogens with zero attached hydrogens (tertiary/aromatic N) is 2. The monoisotopic (exact) mass is 476 g/mol. The molecular weight excluding hydrogens is 444 g/mol. The van der Waals surface area contributed by atoms with Crippen molar-refractivity contribution < 1.29 is 24.2 Å². The van der Waals surface area contributed by atoms with Crippen molar-refractivity contribution in [2.75, 3.05) is 20.1 Å². The summed E-state index contributed by atoms with van der Waals surface area (Å²) in [5.41, 5.74) is 1.44. The van der Waals surface area contributed by atoms with Crippen LogP contribution in [0.25, 0.3) is 6.08 Å². The number of amides is 1. The van der Waals surface area contributed by atoms with Crippen LogP contribution in [0.15, 0.2) is 41.2 Å². The standard InChI is InChI=1S/C28H32N2O5/c1-29(23(32)7-4-18-9-13-34-16-18)20-8-10-28(33)22-14-19-5-6-21(31)25-24(19)27(28,26(20)35-25)11-12-30(22)15-17-2-3-17/h4-7,9,13,16-17,20,22,26,31,33H,2-3,8,10-12,14-15H2,1H3/b7-4+/t20-,22-,26-,27+,28+/m1/s1. The summed E-state index contributed by atoms with van der Waals surface area (Å²) >= 11 is 0. The van der Waals surface area contributed by atoms with Crippen LogP contribution in [0.2, 0.25) is 0 Å². The van der Waals surface area contributed by atoms with Crippen LogP contribution in [0.5, 0.6) is 11.5 Å². The van der Waals surface area contributed by atoms with Gasteiger partial charge in [0.1, 0.15) is 6.10 Å². The first kappa shape index (κ1) is 21.5. The Hall–Kier alpha value is -2.77. The maximum absolute atomic E-state index is 13.2. The lowest BCUT2D eigenvalue weighted by Gasteiger charge is -2.64. The number of likely N-dealkylation sites (tertiary alicyclic amines) is 1. The number of carbonyl (C=O) groups is 1. The average molecular weight is 477 g/mol. The van der Waals surface area contributed by atoms with Crippen molar-refractivity contribution >= 4 is 12.0 Å². The summed E-state index contributed by atoms with van der Waals surface area (Å²) in [6.07, 6.45) is 11.5. The number of rotatable bonds is 5. The summed E-state index contributed by atoms with van der Waals surface area (Å²) in [5.74, 6) is 1.28. The minimum atomic E-state index is -0.941. The fourth-order valence-electron chi connectivity index (χ4n) is 7.67. The molecule has 3 heterocycles. The third-order valence-corrected chi connectivity index (χ3v) is 9.54. The van der Waals surface area contributed by atoms with E-state index in [2.05, 4.69) is 4.90 Å². The molecular formula is C28H32N2O5. The number of carbonyl (C=O) groups excluding carboxylic acids is 1. The average Bonchev–Trinajstić information content (AvgIpc) is 3.36. The molecule has 184 valence electrons. The van der Waals surface area contributed by atoms with Gasteiger partial charge in [-0.1, -0.05) is 6.07 Å². The van der Waals surface area contributed by atoms with E-state index in [1.165, 1.54) is 18.4 Å². The number of hydrogen-bond donors (Lipinski definition) is 2. The van der Waals surface area contributed by atoms with Gasteiger partial charge in [0.25, 0.3) is 0 Å². The Balaban J connectivity index is 1.28. The highest BCUT2D eigenvalue weighted by Gasteiger charge is 2.73. The number of aliphatic hydroxyl groups is 1. The lowest BCUT2D eigenvalue weighted by Crippen LogP contribution is -2.78. The van der Waals surface area contributed by atoms with E-state index in [4.69, 9.17) is 9.15 Å². The van der Waals surface area contributed by atoms with Gasteiger partial charge in [0.2, 0.25) is 5.91 Å². The van der Waals surface area contributed by atoms with E-state index in [1.54, 1.807) is 35.6 Å². The number of furan rings is 1. The molecule has 1 aromatic carbocycles. The molecule has 5 aliphatic rings. The second kappa shape index (κ2) is 7.37. The summed E-state index contributed by atoms with van der Waals surface area (Å²) in [7, 11) is 1.82. The van der Waals surface area contributed by atoms with Gasteiger partial charge < -0.3 is 24.3 Å². The number of phenolic OH excluding ortho intramolecular Hbond substituents is 1. The zero-order chi connectivity index (χ0) is 23.9. The van der Waals surface area contributed by atoms with Gasteiger partial charge in [-0.05, 0) is 74.8 Å². The van der Waals surface area contributed by atoms with E-state index < -0.39 is 17.1 Å². The Morgan fingerprint density at radius 3 is 2.89 bits per heavy atom. The molecule has 2 saturated carbocycles. The molecule has 3 fully saturated rings. The van der Waals surface area contributed by atoms with Crippen LogP contribution in [0.3, 0.4) is 0 Å². The molecule has 0 unspecified atom stereocenters. The molecule has 2 aliphatic heterocycles. The molecule has 0 radical (unpaired) electrons. The normalized spacial score (nSPS) is 35.1. The number of ether oxygens (including phenoxy) is 1. The van der Waals surface area contributed by atoms with E-state index in [9.17, 15) is 15.0 Å². The number of likely N-dealkylation sites (N-methyl/N-ethyl adjacent to an activating group) is 1. The summed E-state index contributed by atoms with van der Waals surface area (Å²) in [4.78, 5) is 17.5. The first-order valence-electron chi connectivity index (χ1n) is 12.9. The molecule has 1 spiro atoms. The van der Waals surface area contributed by atoms with Gasteiger partial charge in [-0.15, -0.1) is 0 Å². The summed E-state index contributed by atoms with van der Waals surface area (Å²) < 4.78 is 11.7. The van der Waals surface area contributed by atoms with Crippen LogP contribution < -0.4 is 4.74 Å². The molecule has 7 rings (SSSR count). The molecule has 7 heteroatoms. The zero-order valence-electron chi connectivity index (χ0n) is 20.0. The topological polar surface area (TPSA) is 86.4 Å². The summed E-state index contributed by atoms with van der Waals surface area (Å²) in [6.45, 7) is 1.96. The Labute approximate surface area is 205 Å². The summed E-state index contributed by atoms with van der Waals surface area (Å²) in [5, 5.41) is 23.3. The van der Waals surface area contributed by atoms with Crippen LogP contribution in [0.4, 0.5) is 0 Å². The maximum Gasteiger partial charge on any atom is 0.246 e. The quantitative estimate of drug-likeness (QED) is 0.645. The molecule has 7 nitrogen and oxygen atoms in total. The van der Waals surface area contributed by atoms with Crippen LogP contribution in [-0.4, -0.2) is 69.8 Å². The van der Waals surface area contributed by atoms with Gasteiger partial charge >= 0.3 is 0 Å². The predicted octanol–water partition coefficient (Wildman–Crippen LogP) is 3.09. The fourth-order valence-corrected chi connectivity index (χ4v) is 7.67. The van der Waals surface area contributed by atoms with Gasteiger partial charge in [-0.25, -0.2) is 0 Å². The first-order chi connectivity index (χ1) is 16.9. The van der Waals surface area contributed by atoms with Gasteiger partial charge in [-0.3, -0.25) is 9.69 Å². The zero-order valence-corrected chi connectivity index (χ0v) is 20.0. The van der Waals surface area contributed by atoms with Crippen molar-refractivity contribution in [2.45, 2.75) is 67.7 Å². The molecule has 1 aromatic heterocycles. The van der Waals surface area contributed by atoms with Crippen molar-refractivity contribution in [1.29, 1.82) is 0 Å². The van der Waals surface area contributed by atoms with Crippen molar-refractivity contribution in [3.05, 3.63) is 53.5 Å². The number of phenols is 1. The minimum absolute atomic E-state index is 0.0360. The molecule has 2 bridgehead atoms. The maximum atomic E-state index is 13.2. The van der Waals surface area contributed by atoms with Crippen molar-refractivity contribution in [2.24, 2.45) is 5.92 Å². The van der Waals surface area contributed by atoms with E-state index in [-0.39, 0.29) is 23.7 Å². The van der Waals surface area contributed by atoms with Crippen LogP contribution in [0.1, 0.15) is 48.8 Å². The van der Waals surface area contributed by atoms with Crippen molar-refractivity contribution in [3.8, 4) is 11.5 Å². The van der Waals surface area contributed by atoms with E-state index in [0.29, 0.717) is 18.6 Å². The molecule has 5 atom stereocenters. The number of piperidine rings is 1. The van der Waals surface area contributed by atoms with Crippen molar-refractivity contribution in [1.82, 2.24) is 9.80 Å². The minimum Gasteiger partial charge on any atom is -0.504 e. The van der Waals surface area contributed by atoms with Gasteiger partial charge in [0.05, 0.1) is 29.6 Å². The van der Waals surface area contributed by atoms with Crippen molar-refractivity contribution in [3.63, 3.8) is 0 Å².